The molecule has 0 bridgehead atoms. The molecule has 0 aromatic heterocycles. The molecule has 0 saturated heterocycles. The second-order valence-electron chi connectivity index (χ2n) is 4.41. The van der Waals surface area contributed by atoms with E-state index in [0.717, 1.165) is 12.0 Å². The summed E-state index contributed by atoms with van der Waals surface area (Å²) in [7, 11) is 0. The molecule has 1 nitrogen and oxygen atoms in total. The molecule has 0 heterocycles. The van der Waals surface area contributed by atoms with E-state index in [1.807, 2.05) is 25.1 Å². The first-order valence-corrected chi connectivity index (χ1v) is 6.00. The van der Waals surface area contributed by atoms with E-state index in [-0.39, 0.29) is 5.92 Å². The molecule has 0 unspecified atom stereocenters. The highest BCUT2D eigenvalue weighted by Crippen LogP contribution is 2.15. The van der Waals surface area contributed by atoms with Gasteiger partial charge in [-0.15, -0.1) is 0 Å². The van der Waals surface area contributed by atoms with Crippen molar-refractivity contribution in [1.82, 2.24) is 0 Å². The van der Waals surface area contributed by atoms with Crippen molar-refractivity contribution >= 4 is 5.78 Å². The molecule has 17 heavy (non-hydrogen) atoms. The number of hydrogen-bond donors (Lipinski definition) is 0. The molecule has 0 fully saturated rings. The number of hydrogen-bond acceptors (Lipinski definition) is 1. The third-order valence-electron chi connectivity index (χ3n) is 2.96. The smallest absolute Gasteiger partial charge is 0.133 e. The van der Waals surface area contributed by atoms with Crippen molar-refractivity contribution < 1.29 is 4.79 Å². The largest absolute Gasteiger partial charge is 0.300 e. The van der Waals surface area contributed by atoms with Gasteiger partial charge in [-0.05, 0) is 17.9 Å². The van der Waals surface area contributed by atoms with Crippen LogP contribution in [0.15, 0.2) is 55.1 Å². The van der Waals surface area contributed by atoms with Gasteiger partial charge < -0.3 is 0 Å². The molecule has 1 heteroatoms. The summed E-state index contributed by atoms with van der Waals surface area (Å²) in [5, 5.41) is 0. The van der Waals surface area contributed by atoms with Gasteiger partial charge in [0.05, 0.1) is 0 Å². The van der Waals surface area contributed by atoms with Crippen molar-refractivity contribution in [2.45, 2.75) is 26.2 Å². The normalized spacial score (nSPS) is 11.8. The Morgan fingerprint density at radius 2 is 2.00 bits per heavy atom. The minimum atomic E-state index is 0.204. The third kappa shape index (κ3) is 4.81. The fourth-order valence-electron chi connectivity index (χ4n) is 1.70. The van der Waals surface area contributed by atoms with Gasteiger partial charge >= 0.3 is 0 Å². The lowest BCUT2D eigenvalue weighted by Gasteiger charge is -2.10. The summed E-state index contributed by atoms with van der Waals surface area (Å²) in [4.78, 5) is 11.8. The molecule has 1 aromatic carbocycles. The fraction of sp³-hybridized carbons (Fsp3) is 0.312. The van der Waals surface area contributed by atoms with Gasteiger partial charge in [0.15, 0.2) is 0 Å². The molecule has 0 amide bonds. The van der Waals surface area contributed by atoms with Gasteiger partial charge in [-0.2, -0.15) is 0 Å². The number of carbonyl (C=O) groups excluding carboxylic acids is 1. The molecule has 0 saturated carbocycles. The number of ketones is 1. The lowest BCUT2D eigenvalue weighted by molar-refractivity contribution is -0.119. The standard InChI is InChI=1S/C16H20O/c1-4-13(2)14(3)12-16(17)11-10-15-8-6-5-7-9-15/h4-9,14H,1-2,10-12H2,3H3/t14-/m0/s1. The third-order valence-corrected chi connectivity index (χ3v) is 2.96. The van der Waals surface area contributed by atoms with Gasteiger partial charge in [-0.1, -0.05) is 62.1 Å². The van der Waals surface area contributed by atoms with E-state index in [9.17, 15) is 4.79 Å². The Hall–Kier alpha value is -1.63. The molecule has 0 radical (unpaired) electrons. The van der Waals surface area contributed by atoms with Crippen molar-refractivity contribution in [2.24, 2.45) is 5.92 Å². The van der Waals surface area contributed by atoms with E-state index in [1.54, 1.807) is 6.08 Å². The fourth-order valence-corrected chi connectivity index (χ4v) is 1.70. The Morgan fingerprint density at radius 3 is 2.59 bits per heavy atom. The van der Waals surface area contributed by atoms with Gasteiger partial charge in [-0.3, -0.25) is 4.79 Å². The van der Waals surface area contributed by atoms with Crippen molar-refractivity contribution in [3.8, 4) is 0 Å². The van der Waals surface area contributed by atoms with Crippen LogP contribution < -0.4 is 0 Å². The van der Waals surface area contributed by atoms with Crippen LogP contribution in [0, 0.1) is 5.92 Å². The maximum absolute atomic E-state index is 11.8. The van der Waals surface area contributed by atoms with E-state index < -0.39 is 0 Å². The van der Waals surface area contributed by atoms with Crippen LogP contribution in [-0.4, -0.2) is 5.78 Å². The van der Waals surface area contributed by atoms with Crippen LogP contribution >= 0.6 is 0 Å². The van der Waals surface area contributed by atoms with Crippen LogP contribution in [0.25, 0.3) is 0 Å². The highest BCUT2D eigenvalue weighted by molar-refractivity contribution is 5.79. The summed E-state index contributed by atoms with van der Waals surface area (Å²) >= 11 is 0. The summed E-state index contributed by atoms with van der Waals surface area (Å²) in [6.45, 7) is 9.56. The van der Waals surface area contributed by atoms with Crippen LogP contribution in [0.1, 0.15) is 25.3 Å². The van der Waals surface area contributed by atoms with E-state index in [4.69, 9.17) is 0 Å². The summed E-state index contributed by atoms with van der Waals surface area (Å²) in [6, 6.07) is 10.1. The molecule has 0 aliphatic carbocycles. The predicted octanol–water partition coefficient (Wildman–Crippen LogP) is 3.96. The highest BCUT2D eigenvalue weighted by atomic mass is 16.1. The molecule has 0 aliphatic heterocycles. The quantitative estimate of drug-likeness (QED) is 0.646. The monoisotopic (exact) mass is 228 g/mol. The maximum atomic E-state index is 11.8. The first kappa shape index (κ1) is 13.4. The molecular formula is C16H20O. The number of allylic oxidation sites excluding steroid dienone is 2. The Labute approximate surface area is 104 Å². The molecular weight excluding hydrogens is 208 g/mol. The zero-order valence-electron chi connectivity index (χ0n) is 10.5. The lowest BCUT2D eigenvalue weighted by atomic mass is 9.94. The van der Waals surface area contributed by atoms with Crippen molar-refractivity contribution in [2.75, 3.05) is 0 Å². The summed E-state index contributed by atoms with van der Waals surface area (Å²) in [6.07, 6.45) is 3.73. The Bertz CT molecular complexity index is 389. The second kappa shape index (κ2) is 6.85. The molecule has 90 valence electrons. The first-order chi connectivity index (χ1) is 8.13. The van der Waals surface area contributed by atoms with Crippen LogP contribution in [0.3, 0.4) is 0 Å². The molecule has 1 aromatic rings. The van der Waals surface area contributed by atoms with E-state index in [0.29, 0.717) is 18.6 Å². The minimum Gasteiger partial charge on any atom is -0.300 e. The average molecular weight is 228 g/mol. The number of rotatable bonds is 7. The summed E-state index contributed by atoms with van der Waals surface area (Å²) in [5.41, 5.74) is 2.16. The molecule has 0 N–H and O–H groups in total. The van der Waals surface area contributed by atoms with Crippen molar-refractivity contribution in [3.63, 3.8) is 0 Å². The van der Waals surface area contributed by atoms with Gasteiger partial charge in [0.1, 0.15) is 5.78 Å². The Kier molecular flexibility index (Phi) is 5.41. The lowest BCUT2D eigenvalue weighted by Crippen LogP contribution is -2.07. The average Bonchev–Trinajstić information content (AvgIpc) is 2.36. The minimum absolute atomic E-state index is 0.204. The highest BCUT2D eigenvalue weighted by Gasteiger charge is 2.10. The molecule has 0 aliphatic rings. The zero-order valence-corrected chi connectivity index (χ0v) is 10.5. The number of carbonyl (C=O) groups is 1. The molecule has 0 spiro atoms. The number of Topliss-reactive ketones (excluding diaryl/α,β-unsaturated/α-hetero) is 1. The van der Waals surface area contributed by atoms with Crippen LogP contribution in [0.2, 0.25) is 0 Å². The van der Waals surface area contributed by atoms with Gasteiger partial charge in [0, 0.05) is 12.8 Å². The van der Waals surface area contributed by atoms with Gasteiger partial charge in [-0.25, -0.2) is 0 Å². The number of aryl methyl sites for hydroxylation is 1. The van der Waals surface area contributed by atoms with Crippen molar-refractivity contribution in [1.29, 1.82) is 0 Å². The topological polar surface area (TPSA) is 17.1 Å². The molecule has 1 atom stereocenters. The van der Waals surface area contributed by atoms with Gasteiger partial charge in [0.2, 0.25) is 0 Å². The predicted molar refractivity (Wildman–Crippen MR) is 72.9 cm³/mol. The molecule has 1 rings (SSSR count). The SMILES string of the molecule is C=CC(=C)[C@@H](C)CC(=O)CCc1ccccc1. The van der Waals surface area contributed by atoms with Gasteiger partial charge in [0.25, 0.3) is 0 Å². The Morgan fingerprint density at radius 1 is 1.35 bits per heavy atom. The van der Waals surface area contributed by atoms with E-state index in [2.05, 4.69) is 25.3 Å². The van der Waals surface area contributed by atoms with E-state index in [1.165, 1.54) is 5.56 Å². The summed E-state index contributed by atoms with van der Waals surface area (Å²) < 4.78 is 0. The van der Waals surface area contributed by atoms with E-state index >= 15 is 0 Å². The van der Waals surface area contributed by atoms with Crippen LogP contribution in [-0.2, 0) is 11.2 Å². The maximum Gasteiger partial charge on any atom is 0.133 e. The first-order valence-electron chi connectivity index (χ1n) is 6.00. The number of benzene rings is 1. The van der Waals surface area contributed by atoms with Crippen molar-refractivity contribution in [3.05, 3.63) is 60.7 Å². The zero-order chi connectivity index (χ0) is 12.7. The van der Waals surface area contributed by atoms with Crippen LogP contribution in [0.5, 0.6) is 0 Å². The summed E-state index contributed by atoms with van der Waals surface area (Å²) in [5.74, 6) is 0.500. The second-order valence-corrected chi connectivity index (χ2v) is 4.41. The Balaban J connectivity index is 2.36. The van der Waals surface area contributed by atoms with Crippen LogP contribution in [0.4, 0.5) is 0 Å².